The van der Waals surface area contributed by atoms with Gasteiger partial charge in [0.15, 0.2) is 0 Å². The fraction of sp³-hybridized carbons (Fsp3) is 0.143. The highest BCUT2D eigenvalue weighted by Crippen LogP contribution is 2.05. The molecule has 1 atom stereocenters. The molecule has 0 unspecified atom stereocenters. The summed E-state index contributed by atoms with van der Waals surface area (Å²) in [6, 6.07) is 9.44. The van der Waals surface area contributed by atoms with Crippen LogP contribution in [0.2, 0.25) is 0 Å². The van der Waals surface area contributed by atoms with Crippen LogP contribution in [0.3, 0.4) is 0 Å². The Morgan fingerprint density at radius 2 is 2.00 bits per heavy atom. The minimum absolute atomic E-state index is 0.668. The molecule has 0 saturated carbocycles. The van der Waals surface area contributed by atoms with Gasteiger partial charge in [0.25, 0.3) is 0 Å². The van der Waals surface area contributed by atoms with E-state index < -0.39 is 6.35 Å². The van der Waals surface area contributed by atoms with E-state index in [4.69, 9.17) is 17.6 Å². The Morgan fingerprint density at radius 1 is 1.36 bits per heavy atom. The monoisotopic (exact) mass is 172 g/mol. The number of hydrogen-bond donors (Lipinski definition) is 2. The molecule has 0 amide bonds. The van der Waals surface area contributed by atoms with Crippen molar-refractivity contribution in [3.63, 3.8) is 0 Å². The molecule has 1 aromatic rings. The maximum atomic E-state index is 5.34. The number of nitrogens with two attached hydrogens (primary N) is 1. The van der Waals surface area contributed by atoms with Gasteiger partial charge in [0.2, 0.25) is 6.35 Å². The maximum Gasteiger partial charge on any atom is 0.201 e. The molecular weight excluding hydrogens is 164 g/mol. The van der Waals surface area contributed by atoms with E-state index in [1.807, 2.05) is 30.3 Å². The fourth-order valence-electron chi connectivity index (χ4n) is 0.721. The van der Waals surface area contributed by atoms with Crippen molar-refractivity contribution >= 4 is 17.6 Å². The number of hydrogen-bond acceptors (Lipinski definition) is 3. The van der Waals surface area contributed by atoms with Gasteiger partial charge in [0, 0.05) is 5.69 Å². The third kappa shape index (κ3) is 2.76. The van der Waals surface area contributed by atoms with Gasteiger partial charge in [0.1, 0.15) is 0 Å². The minimum Gasteiger partial charge on any atom is -0.347 e. The number of nitrogens with one attached hydrogen (secondary N) is 1. The van der Waals surface area contributed by atoms with Crippen LogP contribution >= 0.6 is 11.9 Å². The molecule has 3 nitrogen and oxygen atoms in total. The summed E-state index contributed by atoms with van der Waals surface area (Å²) in [5, 5.41) is 2.82. The van der Waals surface area contributed by atoms with Gasteiger partial charge < -0.3 is 5.32 Å². The third-order valence-corrected chi connectivity index (χ3v) is 1.37. The normalized spacial score (nSPS) is 12.5. The zero-order chi connectivity index (χ0) is 8.10. The Morgan fingerprint density at radius 3 is 2.55 bits per heavy atom. The van der Waals surface area contributed by atoms with Gasteiger partial charge in [-0.25, -0.2) is 4.29 Å². The van der Waals surface area contributed by atoms with Crippen molar-refractivity contribution in [1.82, 2.24) is 0 Å². The molecule has 0 aliphatic heterocycles. The van der Waals surface area contributed by atoms with Crippen molar-refractivity contribution in [3.05, 3.63) is 30.3 Å². The van der Waals surface area contributed by atoms with Crippen LogP contribution in [0.25, 0.3) is 0 Å². The van der Waals surface area contributed by atoms with Crippen molar-refractivity contribution in [2.45, 2.75) is 6.35 Å². The lowest BCUT2D eigenvalue weighted by molar-refractivity contribution is 0.264. The lowest BCUT2D eigenvalue weighted by atomic mass is 10.3. The lowest BCUT2D eigenvalue weighted by Crippen LogP contribution is -2.29. The summed E-state index contributed by atoms with van der Waals surface area (Å²) >= 11 is 5.01. The molecule has 0 saturated heterocycles. The van der Waals surface area contributed by atoms with Crippen molar-refractivity contribution in [2.24, 2.45) is 5.73 Å². The first kappa shape index (κ1) is 8.33. The molecule has 0 bridgehead atoms. The Balaban J connectivity index is 2.51. The van der Waals surface area contributed by atoms with Crippen LogP contribution in [0.4, 0.5) is 5.69 Å². The van der Waals surface area contributed by atoms with E-state index in [0.717, 1.165) is 5.69 Å². The van der Waals surface area contributed by atoms with Gasteiger partial charge in [-0.3, -0.25) is 5.73 Å². The Hall–Kier alpha value is -0.770. The van der Waals surface area contributed by atoms with E-state index in [0.29, 0.717) is 0 Å². The van der Waals surface area contributed by atoms with Crippen molar-refractivity contribution < 1.29 is 4.29 Å². The highest BCUT2D eigenvalue weighted by atomic mass is 35.5. The number of anilines is 1. The third-order valence-electron chi connectivity index (χ3n) is 1.18. The standard InChI is InChI=1S/C7H9ClN2O/c8-11-7(9)10-6-4-2-1-3-5-6/h1-5,7,10H,9H2/t7-/m1/s1. The first-order chi connectivity index (χ1) is 5.33. The van der Waals surface area contributed by atoms with Crippen LogP contribution in [0, 0.1) is 0 Å². The predicted molar refractivity (Wildman–Crippen MR) is 45.0 cm³/mol. The van der Waals surface area contributed by atoms with E-state index in [1.165, 1.54) is 0 Å². The van der Waals surface area contributed by atoms with Gasteiger partial charge in [0.05, 0.1) is 11.9 Å². The van der Waals surface area contributed by atoms with E-state index in [2.05, 4.69) is 9.61 Å². The highest BCUT2D eigenvalue weighted by molar-refractivity contribution is 6.07. The van der Waals surface area contributed by atoms with Crippen molar-refractivity contribution in [2.75, 3.05) is 5.32 Å². The second-order valence-corrected chi connectivity index (χ2v) is 2.20. The Labute approximate surface area is 70.3 Å². The molecule has 60 valence electrons. The molecular formula is C7H9ClN2O. The van der Waals surface area contributed by atoms with Gasteiger partial charge >= 0.3 is 0 Å². The molecule has 3 N–H and O–H groups in total. The van der Waals surface area contributed by atoms with Crippen LogP contribution in [0.5, 0.6) is 0 Å². The molecule has 0 fully saturated rings. The predicted octanol–water partition coefficient (Wildman–Crippen LogP) is 1.51. The molecule has 0 aliphatic carbocycles. The molecule has 11 heavy (non-hydrogen) atoms. The van der Waals surface area contributed by atoms with Crippen LogP contribution in [0.15, 0.2) is 30.3 Å². The molecule has 0 aliphatic rings. The number of benzene rings is 1. The van der Waals surface area contributed by atoms with E-state index >= 15 is 0 Å². The van der Waals surface area contributed by atoms with Gasteiger partial charge in [-0.1, -0.05) is 18.2 Å². The molecule has 0 radical (unpaired) electrons. The van der Waals surface area contributed by atoms with Crippen molar-refractivity contribution in [1.29, 1.82) is 0 Å². The summed E-state index contributed by atoms with van der Waals surface area (Å²) in [7, 11) is 0. The largest absolute Gasteiger partial charge is 0.347 e. The lowest BCUT2D eigenvalue weighted by Gasteiger charge is -2.10. The van der Waals surface area contributed by atoms with Gasteiger partial charge in [-0.05, 0) is 12.1 Å². The van der Waals surface area contributed by atoms with Crippen LogP contribution in [0.1, 0.15) is 0 Å². The zero-order valence-electron chi connectivity index (χ0n) is 5.83. The SMILES string of the molecule is N[C@H](Nc1ccccc1)OCl. The second-order valence-electron chi connectivity index (χ2n) is 2.02. The maximum absolute atomic E-state index is 5.34. The van der Waals surface area contributed by atoms with Gasteiger partial charge in [-0.15, -0.1) is 0 Å². The van der Waals surface area contributed by atoms with E-state index in [1.54, 1.807) is 0 Å². The summed E-state index contributed by atoms with van der Waals surface area (Å²) in [5.41, 5.74) is 6.22. The molecule has 0 spiro atoms. The first-order valence-electron chi connectivity index (χ1n) is 3.17. The number of rotatable bonds is 3. The summed E-state index contributed by atoms with van der Waals surface area (Å²) < 4.78 is 4.29. The molecule has 0 heterocycles. The van der Waals surface area contributed by atoms with Gasteiger partial charge in [-0.2, -0.15) is 0 Å². The molecule has 0 aromatic heterocycles. The Bertz CT molecular complexity index is 205. The van der Waals surface area contributed by atoms with Crippen molar-refractivity contribution in [3.8, 4) is 0 Å². The average Bonchev–Trinajstić information content (AvgIpc) is 2.06. The summed E-state index contributed by atoms with van der Waals surface area (Å²) in [6.07, 6.45) is -0.668. The fourth-order valence-corrected chi connectivity index (χ4v) is 0.765. The van der Waals surface area contributed by atoms with E-state index in [-0.39, 0.29) is 0 Å². The average molecular weight is 173 g/mol. The van der Waals surface area contributed by atoms with Crippen LogP contribution in [-0.4, -0.2) is 6.35 Å². The van der Waals surface area contributed by atoms with Crippen LogP contribution in [-0.2, 0) is 4.29 Å². The molecule has 1 rings (SSSR count). The smallest absolute Gasteiger partial charge is 0.201 e. The second kappa shape index (κ2) is 4.18. The minimum atomic E-state index is -0.668. The summed E-state index contributed by atoms with van der Waals surface area (Å²) in [4.78, 5) is 0. The number of para-hydroxylation sites is 1. The highest BCUT2D eigenvalue weighted by Gasteiger charge is 1.97. The summed E-state index contributed by atoms with van der Waals surface area (Å²) in [5.74, 6) is 0. The topological polar surface area (TPSA) is 47.3 Å². The quantitative estimate of drug-likeness (QED) is 0.680. The molecule has 4 heteroatoms. The zero-order valence-corrected chi connectivity index (χ0v) is 6.58. The summed E-state index contributed by atoms with van der Waals surface area (Å²) in [6.45, 7) is 0. The first-order valence-corrected chi connectivity index (χ1v) is 3.48. The Kier molecular flexibility index (Phi) is 3.16. The molecule has 1 aromatic carbocycles. The van der Waals surface area contributed by atoms with Crippen LogP contribution < -0.4 is 11.1 Å². The van der Waals surface area contributed by atoms with E-state index in [9.17, 15) is 0 Å². The number of halogens is 1.